The van der Waals surface area contributed by atoms with Crippen LogP contribution in [0.15, 0.2) is 66.0 Å². The van der Waals surface area contributed by atoms with Gasteiger partial charge in [0.1, 0.15) is 29.0 Å². The fourth-order valence-corrected chi connectivity index (χ4v) is 6.52. The van der Waals surface area contributed by atoms with Gasteiger partial charge in [0.15, 0.2) is 11.5 Å². The number of aromatic nitrogens is 2. The second kappa shape index (κ2) is 11.1. The molecular weight excluding hydrogens is 580 g/mol. The molecule has 0 unspecified atom stereocenters. The molecule has 0 N–H and O–H groups in total. The maximum absolute atomic E-state index is 16.3. The Bertz CT molecular complexity index is 1960. The molecule has 0 radical (unpaired) electrons. The molecule has 2 aromatic carbocycles. The van der Waals surface area contributed by atoms with Crippen molar-refractivity contribution in [2.45, 2.75) is 38.8 Å². The van der Waals surface area contributed by atoms with Gasteiger partial charge in [0, 0.05) is 25.0 Å². The maximum Gasteiger partial charge on any atom is 0.282 e. The zero-order valence-corrected chi connectivity index (χ0v) is 25.7. The van der Waals surface area contributed by atoms with Gasteiger partial charge in [0.05, 0.1) is 30.6 Å². The number of amides is 2. The van der Waals surface area contributed by atoms with Crippen molar-refractivity contribution in [1.82, 2.24) is 14.5 Å². The Morgan fingerprint density at radius 2 is 1.80 bits per heavy atom. The topological polar surface area (TPSA) is 88.0 Å². The molecule has 4 heterocycles. The molecule has 1 fully saturated rings. The predicted molar refractivity (Wildman–Crippen MR) is 169 cm³/mol. The lowest BCUT2D eigenvalue weighted by atomic mass is 9.97. The van der Waals surface area contributed by atoms with Gasteiger partial charge in [-0.05, 0) is 48.7 Å². The minimum atomic E-state index is -0.835. The van der Waals surface area contributed by atoms with Crippen LogP contribution < -0.4 is 20.1 Å². The summed E-state index contributed by atoms with van der Waals surface area (Å²) in [5.41, 5.74) is 0.781. The third-order valence-electron chi connectivity index (χ3n) is 8.72. The Kier molecular flexibility index (Phi) is 7.42. The first-order chi connectivity index (χ1) is 21.5. The molecular formula is C34H33F2N5O4. The number of fused-ring (bicyclic) bond motifs is 5. The fraction of sp³-hybridized carbons (Fsp3) is 0.294. The van der Waals surface area contributed by atoms with Crippen molar-refractivity contribution >= 4 is 34.2 Å². The standard InChI is InChI=1S/C34H33F2N5O4/c1-7-27(42)39-17-25-33(43)38(5)31-30(40(25)16-19(39)4)21-15-23(36)29(28-22(35)12-10-14-26(28)45-6)37-32(21)41(34(31)44)24-13-9-8-11-20(24)18(2)3/h7-15,18-19,25H,1,16-17H2,2-6H3/t19-,25-/m1/s1. The summed E-state index contributed by atoms with van der Waals surface area (Å²) < 4.78 is 38.3. The lowest BCUT2D eigenvalue weighted by Crippen LogP contribution is -2.66. The number of methoxy groups -OCH3 is 1. The predicted octanol–water partition coefficient (Wildman–Crippen LogP) is 5.03. The van der Waals surface area contributed by atoms with Crippen molar-refractivity contribution in [1.29, 1.82) is 0 Å². The zero-order valence-electron chi connectivity index (χ0n) is 25.7. The zero-order chi connectivity index (χ0) is 32.3. The van der Waals surface area contributed by atoms with Crippen molar-refractivity contribution in [2.75, 3.05) is 37.0 Å². The summed E-state index contributed by atoms with van der Waals surface area (Å²) in [5.74, 6) is -2.19. The summed E-state index contributed by atoms with van der Waals surface area (Å²) in [4.78, 5) is 50.5. The SMILES string of the molecule is C=CC(=O)N1C[C@@H]2C(=O)N(C)c3c(c4cc(F)c(-c5c(F)cccc5OC)nc4n(-c4ccccc4C(C)C)c3=O)N2C[C@H]1C. The highest BCUT2D eigenvalue weighted by molar-refractivity contribution is 6.12. The highest BCUT2D eigenvalue weighted by Gasteiger charge is 2.46. The van der Waals surface area contributed by atoms with E-state index in [1.54, 1.807) is 21.9 Å². The lowest BCUT2D eigenvalue weighted by Gasteiger charge is -2.49. The first-order valence-electron chi connectivity index (χ1n) is 14.7. The average Bonchev–Trinajstić information content (AvgIpc) is 3.02. The van der Waals surface area contributed by atoms with E-state index in [1.807, 2.05) is 32.9 Å². The van der Waals surface area contributed by atoms with Crippen LogP contribution in [0.25, 0.3) is 28.0 Å². The molecule has 0 bridgehead atoms. The molecule has 0 aliphatic carbocycles. The Morgan fingerprint density at radius 3 is 2.49 bits per heavy atom. The maximum atomic E-state index is 16.3. The molecule has 2 aromatic heterocycles. The molecule has 6 rings (SSSR count). The molecule has 2 atom stereocenters. The molecule has 2 aliphatic rings. The number of pyridine rings is 2. The van der Waals surface area contributed by atoms with Gasteiger partial charge in [-0.15, -0.1) is 0 Å². The summed E-state index contributed by atoms with van der Waals surface area (Å²) in [7, 11) is 2.86. The Balaban J connectivity index is 1.74. The summed E-state index contributed by atoms with van der Waals surface area (Å²) >= 11 is 0. The van der Waals surface area contributed by atoms with Gasteiger partial charge in [0.25, 0.3) is 11.5 Å². The molecule has 232 valence electrons. The van der Waals surface area contributed by atoms with Crippen molar-refractivity contribution in [2.24, 2.45) is 0 Å². The normalized spacial score (nSPS) is 17.9. The molecule has 11 heteroatoms. The quantitative estimate of drug-likeness (QED) is 0.294. The molecule has 2 amide bonds. The number of anilines is 2. The van der Waals surface area contributed by atoms with Crippen LogP contribution in [0, 0.1) is 11.6 Å². The Labute approximate surface area is 258 Å². The van der Waals surface area contributed by atoms with Crippen molar-refractivity contribution in [3.63, 3.8) is 0 Å². The van der Waals surface area contributed by atoms with E-state index >= 15 is 8.78 Å². The first kappa shape index (κ1) is 30.0. The summed E-state index contributed by atoms with van der Waals surface area (Å²) in [6.45, 7) is 9.64. The largest absolute Gasteiger partial charge is 0.496 e. The highest BCUT2D eigenvalue weighted by atomic mass is 19.1. The van der Waals surface area contributed by atoms with E-state index in [1.165, 1.54) is 54.0 Å². The van der Waals surface area contributed by atoms with Gasteiger partial charge in [-0.3, -0.25) is 19.0 Å². The smallest absolute Gasteiger partial charge is 0.282 e. The second-order valence-electron chi connectivity index (χ2n) is 11.7. The number of likely N-dealkylation sites (N-methyl/N-ethyl adjacent to an activating group) is 1. The number of carbonyl (C=O) groups is 2. The third-order valence-corrected chi connectivity index (χ3v) is 8.72. The average molecular weight is 614 g/mol. The van der Waals surface area contributed by atoms with Gasteiger partial charge in [-0.2, -0.15) is 0 Å². The van der Waals surface area contributed by atoms with E-state index < -0.39 is 23.2 Å². The number of hydrogen-bond donors (Lipinski definition) is 0. The lowest BCUT2D eigenvalue weighted by molar-refractivity contribution is -0.130. The monoisotopic (exact) mass is 613 g/mol. The van der Waals surface area contributed by atoms with Crippen molar-refractivity contribution in [3.05, 3.63) is 88.7 Å². The minimum absolute atomic E-state index is 0.00849. The number of rotatable bonds is 5. The minimum Gasteiger partial charge on any atom is -0.496 e. The third kappa shape index (κ3) is 4.56. The molecule has 1 saturated heterocycles. The second-order valence-corrected chi connectivity index (χ2v) is 11.7. The van der Waals surface area contributed by atoms with Gasteiger partial charge < -0.3 is 19.4 Å². The number of nitrogens with zero attached hydrogens (tertiary/aromatic N) is 5. The van der Waals surface area contributed by atoms with Crippen LogP contribution in [0.1, 0.15) is 32.3 Å². The van der Waals surface area contributed by atoms with E-state index in [2.05, 4.69) is 11.6 Å². The van der Waals surface area contributed by atoms with Crippen LogP contribution in [0.5, 0.6) is 5.75 Å². The van der Waals surface area contributed by atoms with Crippen LogP contribution in [-0.4, -0.2) is 65.6 Å². The number of ether oxygens (including phenoxy) is 1. The van der Waals surface area contributed by atoms with E-state index in [-0.39, 0.29) is 70.6 Å². The number of piperazine rings is 1. The molecule has 9 nitrogen and oxygen atoms in total. The van der Waals surface area contributed by atoms with Crippen LogP contribution in [0.4, 0.5) is 20.2 Å². The van der Waals surface area contributed by atoms with Gasteiger partial charge in [0.2, 0.25) is 5.91 Å². The fourth-order valence-electron chi connectivity index (χ4n) is 6.52. The van der Waals surface area contributed by atoms with Gasteiger partial charge >= 0.3 is 0 Å². The molecule has 45 heavy (non-hydrogen) atoms. The summed E-state index contributed by atoms with van der Waals surface area (Å²) in [5, 5.41) is 0.264. The van der Waals surface area contributed by atoms with Crippen molar-refractivity contribution in [3.8, 4) is 22.7 Å². The molecule has 4 aromatic rings. The summed E-state index contributed by atoms with van der Waals surface area (Å²) in [6, 6.07) is 11.5. The first-order valence-corrected chi connectivity index (χ1v) is 14.7. The number of benzene rings is 2. The Hall–Kier alpha value is -5.06. The van der Waals surface area contributed by atoms with Crippen LogP contribution in [0.2, 0.25) is 0 Å². The van der Waals surface area contributed by atoms with E-state index in [4.69, 9.17) is 4.74 Å². The van der Waals surface area contributed by atoms with Crippen LogP contribution >= 0.6 is 0 Å². The molecule has 2 aliphatic heterocycles. The summed E-state index contributed by atoms with van der Waals surface area (Å²) in [6.07, 6.45) is 1.20. The number of hydrogen-bond acceptors (Lipinski definition) is 6. The van der Waals surface area contributed by atoms with E-state index in [0.29, 0.717) is 11.4 Å². The molecule has 0 saturated carbocycles. The van der Waals surface area contributed by atoms with Gasteiger partial charge in [-0.25, -0.2) is 13.8 Å². The molecule has 0 spiro atoms. The number of halogens is 2. The van der Waals surface area contributed by atoms with E-state index in [0.717, 1.165) is 5.56 Å². The van der Waals surface area contributed by atoms with Gasteiger partial charge in [-0.1, -0.05) is 44.7 Å². The number of carbonyl (C=O) groups excluding carboxylic acids is 2. The van der Waals surface area contributed by atoms with Crippen molar-refractivity contribution < 1.29 is 23.1 Å². The van der Waals surface area contributed by atoms with E-state index in [9.17, 15) is 14.4 Å². The van der Waals surface area contributed by atoms with Crippen LogP contribution in [0.3, 0.4) is 0 Å². The van der Waals surface area contributed by atoms with Crippen LogP contribution in [-0.2, 0) is 9.59 Å². The number of para-hydroxylation sites is 1. The highest BCUT2D eigenvalue weighted by Crippen LogP contribution is 2.43. The Morgan fingerprint density at radius 1 is 1.07 bits per heavy atom.